The zero-order valence-corrected chi connectivity index (χ0v) is 16.9. The van der Waals surface area contributed by atoms with Crippen molar-refractivity contribution in [3.63, 3.8) is 0 Å². The van der Waals surface area contributed by atoms with Gasteiger partial charge in [-0.25, -0.2) is 0 Å². The Labute approximate surface area is 158 Å². The molecule has 0 aromatic heterocycles. The van der Waals surface area contributed by atoms with Crippen LogP contribution in [0.5, 0.6) is 0 Å². The second-order valence-electron chi connectivity index (χ2n) is 9.17. The Kier molecular flexibility index (Phi) is 4.80. The second-order valence-corrected chi connectivity index (χ2v) is 9.17. The lowest BCUT2D eigenvalue weighted by Gasteiger charge is -2.28. The summed E-state index contributed by atoms with van der Waals surface area (Å²) in [6.45, 7) is 13.8. The van der Waals surface area contributed by atoms with Gasteiger partial charge in [0.25, 0.3) is 0 Å². The predicted octanol–water partition coefficient (Wildman–Crippen LogP) is 7.62. The third kappa shape index (κ3) is 3.75. The van der Waals surface area contributed by atoms with Crippen LogP contribution in [0.15, 0.2) is 72.8 Å². The molecule has 26 heavy (non-hydrogen) atoms. The van der Waals surface area contributed by atoms with Crippen LogP contribution in [0.25, 0.3) is 22.3 Å². The van der Waals surface area contributed by atoms with Crippen molar-refractivity contribution in [3.8, 4) is 22.3 Å². The van der Waals surface area contributed by atoms with Crippen LogP contribution in [0, 0.1) is 0 Å². The van der Waals surface area contributed by atoms with Crippen molar-refractivity contribution in [1.82, 2.24) is 0 Å². The van der Waals surface area contributed by atoms with Crippen molar-refractivity contribution in [1.29, 1.82) is 0 Å². The number of benzene rings is 3. The number of hydrogen-bond donors (Lipinski definition) is 0. The van der Waals surface area contributed by atoms with E-state index < -0.39 is 0 Å². The SMILES string of the molecule is CC(C)(C)c1ccc(-c2ccccc2-c2ccccc2)c(C(C)(C)C)c1. The molecule has 0 bridgehead atoms. The van der Waals surface area contributed by atoms with Gasteiger partial charge >= 0.3 is 0 Å². The molecule has 0 aliphatic rings. The van der Waals surface area contributed by atoms with Crippen LogP contribution >= 0.6 is 0 Å². The summed E-state index contributed by atoms with van der Waals surface area (Å²) in [6.07, 6.45) is 0. The lowest BCUT2D eigenvalue weighted by atomic mass is 9.76. The normalized spacial score (nSPS) is 12.2. The van der Waals surface area contributed by atoms with Gasteiger partial charge < -0.3 is 0 Å². The lowest BCUT2D eigenvalue weighted by Crippen LogP contribution is -2.17. The molecule has 0 heteroatoms. The Morgan fingerprint density at radius 1 is 0.500 bits per heavy atom. The van der Waals surface area contributed by atoms with Crippen LogP contribution in [0.4, 0.5) is 0 Å². The number of hydrogen-bond acceptors (Lipinski definition) is 0. The van der Waals surface area contributed by atoms with E-state index in [4.69, 9.17) is 0 Å². The molecule has 0 heterocycles. The predicted molar refractivity (Wildman–Crippen MR) is 115 cm³/mol. The van der Waals surface area contributed by atoms with E-state index in [0.29, 0.717) is 0 Å². The van der Waals surface area contributed by atoms with Gasteiger partial charge in [-0.3, -0.25) is 0 Å². The van der Waals surface area contributed by atoms with Crippen molar-refractivity contribution in [2.24, 2.45) is 0 Å². The Balaban J connectivity index is 2.26. The van der Waals surface area contributed by atoms with Crippen molar-refractivity contribution in [2.75, 3.05) is 0 Å². The first-order chi connectivity index (χ1) is 12.2. The van der Waals surface area contributed by atoms with Crippen molar-refractivity contribution >= 4 is 0 Å². The molecule has 3 rings (SSSR count). The van der Waals surface area contributed by atoms with Gasteiger partial charge in [0, 0.05) is 0 Å². The summed E-state index contributed by atoms with van der Waals surface area (Å²) in [4.78, 5) is 0. The maximum atomic E-state index is 2.41. The average molecular weight is 343 g/mol. The molecule has 0 radical (unpaired) electrons. The number of rotatable bonds is 2. The molecule has 3 aromatic rings. The highest BCUT2D eigenvalue weighted by atomic mass is 14.3. The smallest absolute Gasteiger partial charge is 0.0102 e. The highest BCUT2D eigenvalue weighted by molar-refractivity contribution is 5.85. The van der Waals surface area contributed by atoms with E-state index >= 15 is 0 Å². The van der Waals surface area contributed by atoms with Crippen LogP contribution < -0.4 is 0 Å². The molecule has 0 aliphatic heterocycles. The van der Waals surface area contributed by atoms with Gasteiger partial charge in [-0.15, -0.1) is 0 Å². The Bertz CT molecular complexity index is 887. The van der Waals surface area contributed by atoms with Crippen molar-refractivity contribution < 1.29 is 0 Å². The minimum absolute atomic E-state index is 0.0837. The summed E-state index contributed by atoms with van der Waals surface area (Å²) >= 11 is 0. The summed E-state index contributed by atoms with van der Waals surface area (Å²) in [5, 5.41) is 0. The fraction of sp³-hybridized carbons (Fsp3) is 0.308. The van der Waals surface area contributed by atoms with Crippen LogP contribution in [-0.2, 0) is 10.8 Å². The van der Waals surface area contributed by atoms with E-state index in [1.807, 2.05) is 0 Å². The quantitative estimate of drug-likeness (QED) is 0.449. The van der Waals surface area contributed by atoms with Crippen LogP contribution in [0.1, 0.15) is 52.7 Å². The van der Waals surface area contributed by atoms with Gasteiger partial charge in [-0.1, -0.05) is 114 Å². The van der Waals surface area contributed by atoms with Crippen LogP contribution in [0.2, 0.25) is 0 Å². The van der Waals surface area contributed by atoms with Crippen LogP contribution in [0.3, 0.4) is 0 Å². The van der Waals surface area contributed by atoms with E-state index in [1.54, 1.807) is 0 Å². The van der Waals surface area contributed by atoms with E-state index in [1.165, 1.54) is 33.4 Å². The largest absolute Gasteiger partial charge is 0.0622 e. The van der Waals surface area contributed by atoms with Gasteiger partial charge in [0.05, 0.1) is 0 Å². The van der Waals surface area contributed by atoms with E-state index in [-0.39, 0.29) is 10.8 Å². The monoisotopic (exact) mass is 342 g/mol. The Hall–Kier alpha value is -2.34. The standard InChI is InChI=1S/C26H30/c1-25(2,3)20-16-17-23(24(18-20)26(4,5)6)22-15-11-10-14-21(22)19-12-8-7-9-13-19/h7-18H,1-6H3. The minimum atomic E-state index is 0.0837. The van der Waals surface area contributed by atoms with Gasteiger partial charge in [-0.05, 0) is 44.2 Å². The summed E-state index contributed by atoms with van der Waals surface area (Å²) in [5.41, 5.74) is 8.24. The fourth-order valence-corrected chi connectivity index (χ4v) is 3.45. The topological polar surface area (TPSA) is 0 Å². The molecular formula is C26H30. The van der Waals surface area contributed by atoms with Crippen molar-refractivity contribution in [3.05, 3.63) is 83.9 Å². The Morgan fingerprint density at radius 2 is 1.08 bits per heavy atom. The maximum Gasteiger partial charge on any atom is -0.0102 e. The molecule has 0 nitrogen and oxygen atoms in total. The third-order valence-electron chi connectivity index (χ3n) is 5.00. The lowest BCUT2D eigenvalue weighted by molar-refractivity contribution is 0.570. The van der Waals surface area contributed by atoms with Crippen LogP contribution in [-0.4, -0.2) is 0 Å². The van der Waals surface area contributed by atoms with E-state index in [2.05, 4.69) is 114 Å². The molecule has 0 unspecified atom stereocenters. The Morgan fingerprint density at radius 3 is 1.65 bits per heavy atom. The highest BCUT2D eigenvalue weighted by Crippen LogP contribution is 2.40. The zero-order chi connectivity index (χ0) is 18.9. The first-order valence-electron chi connectivity index (χ1n) is 9.48. The fourth-order valence-electron chi connectivity index (χ4n) is 3.45. The minimum Gasteiger partial charge on any atom is -0.0622 e. The zero-order valence-electron chi connectivity index (χ0n) is 16.9. The third-order valence-corrected chi connectivity index (χ3v) is 5.00. The molecule has 0 atom stereocenters. The molecule has 0 aliphatic carbocycles. The maximum absolute atomic E-state index is 2.41. The summed E-state index contributed by atoms with van der Waals surface area (Å²) in [6, 6.07) is 26.5. The van der Waals surface area contributed by atoms with Gasteiger partial charge in [-0.2, -0.15) is 0 Å². The summed E-state index contributed by atoms with van der Waals surface area (Å²) < 4.78 is 0. The van der Waals surface area contributed by atoms with E-state index in [9.17, 15) is 0 Å². The molecular weight excluding hydrogens is 312 g/mol. The molecule has 0 saturated heterocycles. The summed E-state index contributed by atoms with van der Waals surface area (Å²) in [7, 11) is 0. The summed E-state index contributed by atoms with van der Waals surface area (Å²) in [5.74, 6) is 0. The molecule has 0 amide bonds. The first kappa shape index (κ1) is 18.5. The molecule has 0 fully saturated rings. The molecule has 134 valence electrons. The second kappa shape index (κ2) is 6.76. The average Bonchev–Trinajstić information content (AvgIpc) is 2.60. The van der Waals surface area contributed by atoms with Gasteiger partial charge in [0.2, 0.25) is 0 Å². The van der Waals surface area contributed by atoms with Gasteiger partial charge in [0.15, 0.2) is 0 Å². The van der Waals surface area contributed by atoms with Crippen molar-refractivity contribution in [2.45, 2.75) is 52.4 Å². The first-order valence-corrected chi connectivity index (χ1v) is 9.48. The molecule has 0 N–H and O–H groups in total. The molecule has 0 spiro atoms. The molecule has 3 aromatic carbocycles. The van der Waals surface area contributed by atoms with Gasteiger partial charge in [0.1, 0.15) is 0 Å². The van der Waals surface area contributed by atoms with E-state index in [0.717, 1.165) is 0 Å². The highest BCUT2D eigenvalue weighted by Gasteiger charge is 2.23. The molecule has 0 saturated carbocycles.